The molecule has 0 aliphatic heterocycles. The predicted octanol–water partition coefficient (Wildman–Crippen LogP) is 1.88. The van der Waals surface area contributed by atoms with Crippen molar-refractivity contribution < 1.29 is 14.1 Å². The lowest BCUT2D eigenvalue weighted by Crippen LogP contribution is -3.11. The lowest BCUT2D eigenvalue weighted by atomic mass is 10.2. The Kier molecular flexibility index (Phi) is 6.24. The van der Waals surface area contributed by atoms with E-state index in [4.69, 9.17) is 0 Å². The molecule has 0 spiro atoms. The summed E-state index contributed by atoms with van der Waals surface area (Å²) in [4.78, 5) is 17.7. The number of thiazole rings is 1. The van der Waals surface area contributed by atoms with Crippen LogP contribution in [0.25, 0.3) is 10.6 Å². The number of nitrogens with zero attached hydrogens (tertiary/aromatic N) is 1. The average Bonchev–Trinajstić information content (AvgIpc) is 2.95. The van der Waals surface area contributed by atoms with Crippen molar-refractivity contribution in [3.05, 3.63) is 41.2 Å². The highest BCUT2D eigenvalue weighted by molar-refractivity contribution is 7.13. The normalized spacial score (nSPS) is 12.4. The van der Waals surface area contributed by atoms with Crippen LogP contribution < -0.4 is 10.2 Å². The standard InChI is InChI=1S/C17H22FN3OS/c1-4-21(10-16(22)19-12(2)3)9-15-11-23-17(20-15)13-5-7-14(18)8-6-13/h5-8,11-12H,4,9-10H2,1-3H3,(H,19,22)/p+1. The van der Waals surface area contributed by atoms with Crippen LogP contribution in [0.5, 0.6) is 0 Å². The van der Waals surface area contributed by atoms with Gasteiger partial charge in [0.2, 0.25) is 0 Å². The van der Waals surface area contributed by atoms with Crippen molar-refractivity contribution in [1.29, 1.82) is 0 Å². The van der Waals surface area contributed by atoms with Gasteiger partial charge in [0.1, 0.15) is 23.1 Å². The molecule has 2 rings (SSSR count). The minimum atomic E-state index is -0.247. The first kappa shape index (κ1) is 17.6. The summed E-state index contributed by atoms with van der Waals surface area (Å²) in [7, 11) is 0. The molecule has 1 atom stereocenters. The minimum absolute atomic E-state index is 0.0610. The lowest BCUT2D eigenvalue weighted by Gasteiger charge is -2.17. The second-order valence-corrected chi connectivity index (χ2v) is 6.69. The molecule has 1 amide bonds. The van der Waals surface area contributed by atoms with Gasteiger partial charge in [-0.2, -0.15) is 0 Å². The molecule has 2 N–H and O–H groups in total. The molecular formula is C17H23FN3OS+. The number of halogens is 1. The third-order valence-electron chi connectivity index (χ3n) is 3.43. The van der Waals surface area contributed by atoms with E-state index in [9.17, 15) is 9.18 Å². The van der Waals surface area contributed by atoms with Gasteiger partial charge < -0.3 is 10.2 Å². The second-order valence-electron chi connectivity index (χ2n) is 5.83. The zero-order valence-corrected chi connectivity index (χ0v) is 14.5. The van der Waals surface area contributed by atoms with Crippen LogP contribution >= 0.6 is 11.3 Å². The van der Waals surface area contributed by atoms with Gasteiger partial charge >= 0.3 is 0 Å². The molecule has 0 fully saturated rings. The topological polar surface area (TPSA) is 46.4 Å². The number of quaternary nitrogens is 1. The van der Waals surface area contributed by atoms with Crippen molar-refractivity contribution in [1.82, 2.24) is 10.3 Å². The number of carbonyl (C=O) groups excluding carboxylic acids is 1. The molecule has 0 saturated carbocycles. The summed E-state index contributed by atoms with van der Waals surface area (Å²) >= 11 is 1.54. The van der Waals surface area contributed by atoms with Crippen LogP contribution in [0.2, 0.25) is 0 Å². The van der Waals surface area contributed by atoms with Crippen molar-refractivity contribution >= 4 is 17.2 Å². The summed E-state index contributed by atoms with van der Waals surface area (Å²) in [6, 6.07) is 6.51. The highest BCUT2D eigenvalue weighted by Crippen LogP contribution is 2.23. The summed E-state index contributed by atoms with van der Waals surface area (Å²) in [6.07, 6.45) is 0. The summed E-state index contributed by atoms with van der Waals surface area (Å²) in [5, 5.41) is 5.80. The fourth-order valence-electron chi connectivity index (χ4n) is 2.28. The van der Waals surface area contributed by atoms with E-state index in [1.807, 2.05) is 19.2 Å². The van der Waals surface area contributed by atoms with Crippen molar-refractivity contribution in [3.8, 4) is 10.6 Å². The number of likely N-dealkylation sites (N-methyl/N-ethyl adjacent to an activating group) is 1. The largest absolute Gasteiger partial charge is 0.349 e. The number of rotatable bonds is 7. The van der Waals surface area contributed by atoms with E-state index in [1.165, 1.54) is 17.0 Å². The molecule has 0 radical (unpaired) electrons. The monoisotopic (exact) mass is 336 g/mol. The first-order valence-corrected chi connectivity index (χ1v) is 8.69. The van der Waals surface area contributed by atoms with Crippen LogP contribution in [0.15, 0.2) is 29.6 Å². The zero-order chi connectivity index (χ0) is 16.8. The zero-order valence-electron chi connectivity index (χ0n) is 13.7. The van der Waals surface area contributed by atoms with Crippen molar-refractivity contribution in [2.75, 3.05) is 13.1 Å². The summed E-state index contributed by atoms with van der Waals surface area (Å²) in [5.41, 5.74) is 1.88. The highest BCUT2D eigenvalue weighted by Gasteiger charge is 2.16. The van der Waals surface area contributed by atoms with Gasteiger partial charge in [-0.3, -0.25) is 4.79 Å². The Hall–Kier alpha value is -1.79. The van der Waals surface area contributed by atoms with E-state index >= 15 is 0 Å². The van der Waals surface area contributed by atoms with E-state index in [0.29, 0.717) is 13.1 Å². The van der Waals surface area contributed by atoms with E-state index in [1.54, 1.807) is 23.5 Å². The van der Waals surface area contributed by atoms with Crippen molar-refractivity contribution in [2.45, 2.75) is 33.4 Å². The SMILES string of the molecule is CC[NH+](CC(=O)NC(C)C)Cc1csc(-c2ccc(F)cc2)n1. The molecule has 1 aromatic carbocycles. The summed E-state index contributed by atoms with van der Waals surface area (Å²) in [6.45, 7) is 7.98. The van der Waals surface area contributed by atoms with Gasteiger partial charge in [0, 0.05) is 17.0 Å². The van der Waals surface area contributed by atoms with Gasteiger partial charge in [0.15, 0.2) is 6.54 Å². The third kappa shape index (κ3) is 5.41. The predicted molar refractivity (Wildman–Crippen MR) is 90.9 cm³/mol. The van der Waals surface area contributed by atoms with Gasteiger partial charge in [0.05, 0.1) is 6.54 Å². The molecule has 6 heteroatoms. The maximum atomic E-state index is 13.0. The molecule has 1 aromatic heterocycles. The molecule has 23 heavy (non-hydrogen) atoms. The van der Waals surface area contributed by atoms with Crippen LogP contribution in [-0.2, 0) is 11.3 Å². The van der Waals surface area contributed by atoms with E-state index < -0.39 is 0 Å². The van der Waals surface area contributed by atoms with Gasteiger partial charge in [-0.05, 0) is 45.0 Å². The highest BCUT2D eigenvalue weighted by atomic mass is 32.1. The number of nitrogens with one attached hydrogen (secondary N) is 2. The van der Waals surface area contributed by atoms with E-state index in [-0.39, 0.29) is 17.8 Å². The Morgan fingerprint density at radius 2 is 2.04 bits per heavy atom. The molecule has 0 bridgehead atoms. The number of hydrogen-bond donors (Lipinski definition) is 2. The Bertz CT molecular complexity index is 640. The Labute approximate surface area is 140 Å². The Balaban J connectivity index is 1.99. The number of aromatic nitrogens is 1. The molecule has 0 saturated heterocycles. The number of amides is 1. The van der Waals surface area contributed by atoms with Crippen molar-refractivity contribution in [3.63, 3.8) is 0 Å². The minimum Gasteiger partial charge on any atom is -0.349 e. The molecule has 0 aliphatic rings. The van der Waals surface area contributed by atoms with Crippen LogP contribution in [0.3, 0.4) is 0 Å². The Morgan fingerprint density at radius 3 is 2.65 bits per heavy atom. The smallest absolute Gasteiger partial charge is 0.275 e. The molecule has 4 nitrogen and oxygen atoms in total. The Morgan fingerprint density at radius 1 is 1.35 bits per heavy atom. The number of hydrogen-bond acceptors (Lipinski definition) is 3. The first-order valence-electron chi connectivity index (χ1n) is 7.81. The van der Waals surface area contributed by atoms with E-state index in [2.05, 4.69) is 17.2 Å². The van der Waals surface area contributed by atoms with Crippen LogP contribution in [0.1, 0.15) is 26.5 Å². The molecule has 1 unspecified atom stereocenters. The van der Waals surface area contributed by atoms with Gasteiger partial charge in [0.25, 0.3) is 5.91 Å². The maximum Gasteiger partial charge on any atom is 0.275 e. The third-order valence-corrected chi connectivity index (χ3v) is 4.37. The molecule has 0 aliphatic carbocycles. The van der Waals surface area contributed by atoms with E-state index in [0.717, 1.165) is 22.8 Å². The molecule has 124 valence electrons. The second kappa shape index (κ2) is 8.17. The maximum absolute atomic E-state index is 13.0. The number of benzene rings is 1. The fraction of sp³-hybridized carbons (Fsp3) is 0.412. The molecule has 2 aromatic rings. The van der Waals surface area contributed by atoms with Crippen LogP contribution in [0.4, 0.5) is 4.39 Å². The van der Waals surface area contributed by atoms with Gasteiger partial charge in [-0.1, -0.05) is 0 Å². The quantitative estimate of drug-likeness (QED) is 0.811. The summed E-state index contributed by atoms with van der Waals surface area (Å²) in [5.74, 6) is -0.186. The fourth-order valence-corrected chi connectivity index (χ4v) is 3.11. The van der Waals surface area contributed by atoms with Crippen LogP contribution in [-0.4, -0.2) is 30.0 Å². The van der Waals surface area contributed by atoms with Crippen LogP contribution in [0, 0.1) is 5.82 Å². The first-order chi connectivity index (χ1) is 11.0. The summed E-state index contributed by atoms with van der Waals surface area (Å²) < 4.78 is 13.0. The van der Waals surface area contributed by atoms with Crippen molar-refractivity contribution in [2.24, 2.45) is 0 Å². The lowest BCUT2D eigenvalue weighted by molar-refractivity contribution is -0.904. The van der Waals surface area contributed by atoms with Gasteiger partial charge in [-0.25, -0.2) is 9.37 Å². The molecular weight excluding hydrogens is 313 g/mol. The average molecular weight is 336 g/mol. The number of carbonyl (C=O) groups is 1. The van der Waals surface area contributed by atoms with Gasteiger partial charge in [-0.15, -0.1) is 11.3 Å². The molecule has 1 heterocycles.